The van der Waals surface area contributed by atoms with E-state index in [1.165, 1.54) is 21.3 Å². The van der Waals surface area contributed by atoms with E-state index < -0.39 is 103 Å². The van der Waals surface area contributed by atoms with Crippen molar-refractivity contribution in [2.24, 2.45) is 23.7 Å². The fourth-order valence-electron chi connectivity index (χ4n) is 9.11. The predicted octanol–water partition coefficient (Wildman–Crippen LogP) is 4.75. The summed E-state index contributed by atoms with van der Waals surface area (Å²) in [6, 6.07) is 9.25. The lowest BCUT2D eigenvalue weighted by atomic mass is 9.79. The molecule has 1 unspecified atom stereocenters. The van der Waals surface area contributed by atoms with Crippen molar-refractivity contribution in [1.29, 1.82) is 0 Å². The van der Waals surface area contributed by atoms with E-state index in [2.05, 4.69) is 0 Å². The zero-order chi connectivity index (χ0) is 47.1. The number of esters is 1. The van der Waals surface area contributed by atoms with Crippen LogP contribution in [0.15, 0.2) is 60.2 Å². The zero-order valence-electron chi connectivity index (χ0n) is 39.8. The van der Waals surface area contributed by atoms with Gasteiger partial charge in [0.2, 0.25) is 0 Å². The maximum atomic E-state index is 14.1. The van der Waals surface area contributed by atoms with Gasteiger partial charge in [0, 0.05) is 45.7 Å². The normalized spacial score (nSPS) is 38.8. The summed E-state index contributed by atoms with van der Waals surface area (Å²) in [5.74, 6) is -2.35. The molecule has 1 aromatic rings. The van der Waals surface area contributed by atoms with E-state index in [0.29, 0.717) is 32.5 Å². The zero-order valence-corrected chi connectivity index (χ0v) is 39.8. The molecule has 362 valence electrons. The molecule has 3 N–H and O–H groups in total. The van der Waals surface area contributed by atoms with E-state index in [4.69, 9.17) is 42.6 Å². The Bertz CT molecular complexity index is 1640. The van der Waals surface area contributed by atoms with Crippen molar-refractivity contribution in [1.82, 2.24) is 4.90 Å². The van der Waals surface area contributed by atoms with Crippen LogP contribution < -0.4 is 0 Å². The van der Waals surface area contributed by atoms with E-state index in [0.717, 1.165) is 11.1 Å². The molecule has 15 nitrogen and oxygen atoms in total. The predicted molar refractivity (Wildman–Crippen MR) is 241 cm³/mol. The van der Waals surface area contributed by atoms with Crippen LogP contribution in [-0.4, -0.2) is 167 Å². The number of methoxy groups -OCH3 is 3. The highest BCUT2D eigenvalue weighted by Crippen LogP contribution is 2.36. The van der Waals surface area contributed by atoms with E-state index in [-0.39, 0.29) is 24.7 Å². The number of rotatable bonds is 16. The van der Waals surface area contributed by atoms with Crippen LogP contribution in [0, 0.1) is 23.7 Å². The highest BCUT2D eigenvalue weighted by atomic mass is 16.7. The van der Waals surface area contributed by atoms with Crippen molar-refractivity contribution < 1.29 is 67.5 Å². The number of ketones is 1. The van der Waals surface area contributed by atoms with Gasteiger partial charge in [0.25, 0.3) is 0 Å². The highest BCUT2D eigenvalue weighted by molar-refractivity contribution is 5.91. The third-order valence-electron chi connectivity index (χ3n) is 12.9. The summed E-state index contributed by atoms with van der Waals surface area (Å²) in [6.45, 7) is 11.8. The van der Waals surface area contributed by atoms with Gasteiger partial charge in [0.05, 0.1) is 56.2 Å². The lowest BCUT2D eigenvalue weighted by molar-refractivity contribution is -0.305. The smallest absolute Gasteiger partial charge is 0.308 e. The number of allylic oxidation sites excluding steroid dienone is 3. The Kier molecular flexibility index (Phi) is 22.2. The standard InChI is InChI=1S/C49H77NO14/c1-12-38-36(28-60-49-47(58-11)46(57-10)43(54)33(6)62-49)25-29(2)20-21-37(51)30(3)26-35(22-24-59-23-16-19-34-17-14-13-15-18-34)45(31(4)39(56-9)27-40(52)63-38)64-48-44(55)41(50(7)8)42(53)32(5)61-48/h13-21,25,30-33,35-36,38-39,41-49,53-55H,12,22-24,26-28H2,1-11H3/b19-16+,21-20+,29-25+/t30-,31+,32-,33-,35+,36-,38-,39-,41+,42-,43-,44-,45-,46-,47-,48?,49-/m1/s1. The lowest BCUT2D eigenvalue weighted by Crippen LogP contribution is -2.63. The molecule has 0 aromatic heterocycles. The van der Waals surface area contributed by atoms with Gasteiger partial charge in [0.1, 0.15) is 30.5 Å². The quantitative estimate of drug-likeness (QED) is 0.153. The second-order valence-electron chi connectivity index (χ2n) is 17.8. The minimum Gasteiger partial charge on any atom is -0.462 e. The summed E-state index contributed by atoms with van der Waals surface area (Å²) >= 11 is 0. The molecule has 2 saturated heterocycles. The number of nitrogens with zero attached hydrogens (tertiary/aromatic N) is 1. The van der Waals surface area contributed by atoms with Crippen molar-refractivity contribution in [3.05, 3.63) is 65.8 Å². The van der Waals surface area contributed by atoms with Gasteiger partial charge < -0.3 is 62.9 Å². The van der Waals surface area contributed by atoms with Gasteiger partial charge in [-0.1, -0.05) is 81.0 Å². The monoisotopic (exact) mass is 904 g/mol. The topological polar surface area (TPSA) is 181 Å². The van der Waals surface area contributed by atoms with Crippen LogP contribution in [0.2, 0.25) is 0 Å². The van der Waals surface area contributed by atoms with Crippen molar-refractivity contribution >= 4 is 17.8 Å². The van der Waals surface area contributed by atoms with Gasteiger partial charge in [-0.3, -0.25) is 9.59 Å². The van der Waals surface area contributed by atoms with Crippen LogP contribution in [0.4, 0.5) is 0 Å². The number of carbonyl (C=O) groups is 2. The first kappa shape index (κ1) is 53.7. The van der Waals surface area contributed by atoms with Crippen LogP contribution in [-0.2, 0) is 52.2 Å². The van der Waals surface area contributed by atoms with Gasteiger partial charge >= 0.3 is 5.97 Å². The molecule has 3 aliphatic rings. The molecule has 3 heterocycles. The Hall–Kier alpha value is -2.90. The number of carbonyl (C=O) groups excluding carboxylic acids is 2. The van der Waals surface area contributed by atoms with Gasteiger partial charge in [-0.15, -0.1) is 0 Å². The number of ether oxygens (including phenoxy) is 9. The molecule has 2 fully saturated rings. The Morgan fingerprint density at radius 2 is 1.52 bits per heavy atom. The van der Waals surface area contributed by atoms with Crippen LogP contribution in [0.5, 0.6) is 0 Å². The summed E-state index contributed by atoms with van der Waals surface area (Å²) in [6.07, 6.45) is 0.421. The number of likely N-dealkylation sites (N-methyl/N-ethyl adjacent to an activating group) is 1. The molecule has 0 spiro atoms. The lowest BCUT2D eigenvalue weighted by Gasteiger charge is -2.47. The first-order chi connectivity index (χ1) is 30.5. The van der Waals surface area contributed by atoms with E-state index >= 15 is 0 Å². The SMILES string of the molecule is CC[C@H]1OC(=O)C[C@@H](OC)[C@H](C)[C@@H](OC2O[C@H](C)[C@@H](O)[C@H](N(C)C)[C@H]2O)[C@@H](CCOC/C=C/c2ccccc2)C[C@@H](C)C(=O)/C=C/C(C)=C/[C@@H]1CO[C@@H]1O[C@H](C)[C@@H](O)[C@@H](OC)[C@H]1OC. The number of aliphatic hydroxyl groups excluding tert-OH is 3. The summed E-state index contributed by atoms with van der Waals surface area (Å²) in [5, 5.41) is 33.4. The molecule has 17 atom stereocenters. The largest absolute Gasteiger partial charge is 0.462 e. The third kappa shape index (κ3) is 14.8. The minimum absolute atomic E-state index is 0.0572. The first-order valence-electron chi connectivity index (χ1n) is 22.8. The molecule has 1 aromatic carbocycles. The fourth-order valence-corrected chi connectivity index (χ4v) is 9.11. The van der Waals surface area contributed by atoms with Gasteiger partial charge in [-0.05, 0) is 71.7 Å². The average molecular weight is 904 g/mol. The van der Waals surface area contributed by atoms with Crippen molar-refractivity contribution in [3.8, 4) is 0 Å². The van der Waals surface area contributed by atoms with E-state index in [1.807, 2.05) is 76.3 Å². The Morgan fingerprint density at radius 3 is 2.16 bits per heavy atom. The van der Waals surface area contributed by atoms with E-state index in [1.54, 1.807) is 45.0 Å². The molecule has 64 heavy (non-hydrogen) atoms. The van der Waals surface area contributed by atoms with Gasteiger partial charge in [0.15, 0.2) is 18.4 Å². The number of benzene rings is 1. The van der Waals surface area contributed by atoms with Crippen LogP contribution in [0.3, 0.4) is 0 Å². The molecular formula is C49H77NO14. The van der Waals surface area contributed by atoms with Crippen molar-refractivity contribution in [2.75, 3.05) is 55.2 Å². The van der Waals surface area contributed by atoms with Crippen LogP contribution in [0.1, 0.15) is 72.8 Å². The fraction of sp³-hybridized carbons (Fsp3) is 0.714. The summed E-state index contributed by atoms with van der Waals surface area (Å²) < 4.78 is 55.1. The highest BCUT2D eigenvalue weighted by Gasteiger charge is 2.48. The molecule has 0 bridgehead atoms. The maximum Gasteiger partial charge on any atom is 0.308 e. The van der Waals surface area contributed by atoms with Crippen LogP contribution >= 0.6 is 0 Å². The Balaban J connectivity index is 1.68. The van der Waals surface area contributed by atoms with E-state index in [9.17, 15) is 24.9 Å². The minimum atomic E-state index is -1.23. The van der Waals surface area contributed by atoms with Crippen molar-refractivity contribution in [2.45, 2.75) is 147 Å². The number of aliphatic hydroxyl groups is 3. The molecule has 3 aliphatic heterocycles. The molecule has 0 radical (unpaired) electrons. The third-order valence-corrected chi connectivity index (χ3v) is 12.9. The first-order valence-corrected chi connectivity index (χ1v) is 22.8. The molecule has 0 saturated carbocycles. The molecule has 0 amide bonds. The second-order valence-corrected chi connectivity index (χ2v) is 17.8. The Labute approximate surface area is 381 Å². The Morgan fingerprint density at radius 1 is 0.844 bits per heavy atom. The number of cyclic esters (lactones) is 1. The van der Waals surface area contributed by atoms with Crippen LogP contribution in [0.25, 0.3) is 6.08 Å². The van der Waals surface area contributed by atoms with Gasteiger partial charge in [-0.2, -0.15) is 0 Å². The average Bonchev–Trinajstić information content (AvgIpc) is 3.27. The molecule has 4 rings (SSSR count). The number of hydrogen-bond acceptors (Lipinski definition) is 15. The molecular weight excluding hydrogens is 827 g/mol. The maximum absolute atomic E-state index is 14.1. The van der Waals surface area contributed by atoms with Gasteiger partial charge in [-0.25, -0.2) is 0 Å². The number of hydrogen-bond donors (Lipinski definition) is 3. The summed E-state index contributed by atoms with van der Waals surface area (Å²) in [5.41, 5.74) is 1.82. The van der Waals surface area contributed by atoms with Crippen molar-refractivity contribution in [3.63, 3.8) is 0 Å². The molecule has 0 aliphatic carbocycles. The summed E-state index contributed by atoms with van der Waals surface area (Å²) in [7, 11) is 8.08. The molecule has 15 heteroatoms. The summed E-state index contributed by atoms with van der Waals surface area (Å²) in [4.78, 5) is 29.8. The second kappa shape index (κ2) is 26.4.